The first-order chi connectivity index (χ1) is 9.35. The molecule has 0 atom stereocenters. The molecule has 2 N–H and O–H groups in total. The van der Waals surface area contributed by atoms with Gasteiger partial charge in [0.2, 0.25) is 0 Å². The van der Waals surface area contributed by atoms with Crippen molar-refractivity contribution in [3.8, 4) is 5.75 Å². The lowest BCUT2D eigenvalue weighted by Gasteiger charge is -2.23. The number of anilines is 2. The number of hydrogen-bond acceptors (Lipinski definition) is 5. The lowest BCUT2D eigenvalue weighted by Crippen LogP contribution is -2.22. The Kier molecular flexibility index (Phi) is 4.69. The average molecular weight is 258 g/mol. The average Bonchev–Trinajstić information content (AvgIpc) is 2.49. The molecular formula is C14H18N4O. The summed E-state index contributed by atoms with van der Waals surface area (Å²) in [6.45, 7) is 1.43. The van der Waals surface area contributed by atoms with Gasteiger partial charge in [-0.2, -0.15) is 5.10 Å². The molecule has 0 bridgehead atoms. The van der Waals surface area contributed by atoms with E-state index < -0.39 is 0 Å². The molecule has 0 saturated heterocycles. The second kappa shape index (κ2) is 6.70. The van der Waals surface area contributed by atoms with E-state index in [1.807, 2.05) is 36.4 Å². The molecule has 0 radical (unpaired) electrons. The molecule has 5 heteroatoms. The molecule has 19 heavy (non-hydrogen) atoms. The molecule has 2 rings (SSSR count). The van der Waals surface area contributed by atoms with E-state index in [1.54, 1.807) is 13.3 Å². The van der Waals surface area contributed by atoms with Gasteiger partial charge < -0.3 is 15.4 Å². The van der Waals surface area contributed by atoms with E-state index in [0.717, 1.165) is 30.2 Å². The van der Waals surface area contributed by atoms with Crippen LogP contribution in [0.3, 0.4) is 0 Å². The molecule has 0 fully saturated rings. The van der Waals surface area contributed by atoms with Crippen LogP contribution in [0.1, 0.15) is 6.42 Å². The van der Waals surface area contributed by atoms with Crippen molar-refractivity contribution in [1.82, 2.24) is 10.2 Å². The summed E-state index contributed by atoms with van der Waals surface area (Å²) in [6.07, 6.45) is 2.55. The largest absolute Gasteiger partial charge is 0.497 e. The van der Waals surface area contributed by atoms with Crippen molar-refractivity contribution in [2.45, 2.75) is 6.42 Å². The van der Waals surface area contributed by atoms with Crippen molar-refractivity contribution >= 4 is 11.5 Å². The topological polar surface area (TPSA) is 64.3 Å². The lowest BCUT2D eigenvalue weighted by molar-refractivity contribution is 0.415. The molecule has 1 heterocycles. The standard InChI is InChI=1S/C14H18N4O/c1-19-13-6-2-5-12(11-13)18(10-4-8-15)14-7-3-9-16-17-14/h2-3,5-7,9,11H,4,8,10,15H2,1H3. The maximum atomic E-state index is 5.60. The van der Waals surface area contributed by atoms with Gasteiger partial charge in [0, 0.05) is 24.5 Å². The van der Waals surface area contributed by atoms with Gasteiger partial charge in [-0.05, 0) is 37.2 Å². The minimum Gasteiger partial charge on any atom is -0.497 e. The Morgan fingerprint density at radius 1 is 1.26 bits per heavy atom. The molecule has 0 saturated carbocycles. The third-order valence-corrected chi connectivity index (χ3v) is 2.79. The SMILES string of the molecule is COc1cccc(N(CCCN)c2cccnn2)c1. The van der Waals surface area contributed by atoms with Crippen LogP contribution in [0.5, 0.6) is 5.75 Å². The predicted octanol–water partition coefficient (Wildman–Crippen LogP) is 1.97. The lowest BCUT2D eigenvalue weighted by atomic mass is 10.2. The highest BCUT2D eigenvalue weighted by Crippen LogP contribution is 2.26. The van der Waals surface area contributed by atoms with E-state index in [1.165, 1.54) is 0 Å². The summed E-state index contributed by atoms with van der Waals surface area (Å²) in [5, 5.41) is 8.09. The summed E-state index contributed by atoms with van der Waals surface area (Å²) < 4.78 is 5.26. The van der Waals surface area contributed by atoms with Crippen LogP contribution in [0.4, 0.5) is 11.5 Å². The molecule has 100 valence electrons. The Hall–Kier alpha value is -2.14. The highest BCUT2D eigenvalue weighted by molar-refractivity contribution is 5.61. The number of rotatable bonds is 6. The molecule has 0 amide bonds. The fraction of sp³-hybridized carbons (Fsp3) is 0.286. The van der Waals surface area contributed by atoms with Crippen molar-refractivity contribution in [3.05, 3.63) is 42.6 Å². The van der Waals surface area contributed by atoms with Crippen molar-refractivity contribution < 1.29 is 4.74 Å². The maximum Gasteiger partial charge on any atom is 0.155 e. The van der Waals surface area contributed by atoms with Crippen LogP contribution >= 0.6 is 0 Å². The molecule has 1 aromatic carbocycles. The van der Waals surface area contributed by atoms with E-state index in [0.29, 0.717) is 6.54 Å². The predicted molar refractivity (Wildman–Crippen MR) is 75.7 cm³/mol. The number of aromatic nitrogens is 2. The Morgan fingerprint density at radius 2 is 2.16 bits per heavy atom. The number of nitrogens with two attached hydrogens (primary N) is 1. The molecule has 5 nitrogen and oxygen atoms in total. The zero-order chi connectivity index (χ0) is 13.5. The summed E-state index contributed by atoms with van der Waals surface area (Å²) >= 11 is 0. The fourth-order valence-corrected chi connectivity index (χ4v) is 1.84. The van der Waals surface area contributed by atoms with Crippen LogP contribution in [0.25, 0.3) is 0 Å². The van der Waals surface area contributed by atoms with Gasteiger partial charge in [0.1, 0.15) is 5.75 Å². The van der Waals surface area contributed by atoms with Gasteiger partial charge in [0.25, 0.3) is 0 Å². The second-order valence-corrected chi connectivity index (χ2v) is 4.08. The third-order valence-electron chi connectivity index (χ3n) is 2.79. The zero-order valence-corrected chi connectivity index (χ0v) is 11.0. The summed E-state index contributed by atoms with van der Waals surface area (Å²) in [7, 11) is 1.66. The molecule has 0 aliphatic rings. The number of methoxy groups -OCH3 is 1. The second-order valence-electron chi connectivity index (χ2n) is 4.08. The quantitative estimate of drug-likeness (QED) is 0.858. The zero-order valence-electron chi connectivity index (χ0n) is 11.0. The van der Waals surface area contributed by atoms with Crippen molar-refractivity contribution in [2.24, 2.45) is 5.73 Å². The number of benzene rings is 1. The van der Waals surface area contributed by atoms with Gasteiger partial charge in [-0.25, -0.2) is 0 Å². The van der Waals surface area contributed by atoms with E-state index in [-0.39, 0.29) is 0 Å². The Balaban J connectivity index is 2.31. The van der Waals surface area contributed by atoms with Gasteiger partial charge in [-0.3, -0.25) is 0 Å². The molecule has 2 aromatic rings. The van der Waals surface area contributed by atoms with Gasteiger partial charge >= 0.3 is 0 Å². The Bertz CT molecular complexity index is 504. The maximum absolute atomic E-state index is 5.60. The van der Waals surface area contributed by atoms with Gasteiger partial charge in [-0.1, -0.05) is 6.07 Å². The van der Waals surface area contributed by atoms with Gasteiger partial charge in [-0.15, -0.1) is 5.10 Å². The fourth-order valence-electron chi connectivity index (χ4n) is 1.84. The highest BCUT2D eigenvalue weighted by Gasteiger charge is 2.10. The first-order valence-corrected chi connectivity index (χ1v) is 6.24. The van der Waals surface area contributed by atoms with Crippen molar-refractivity contribution in [1.29, 1.82) is 0 Å². The van der Waals surface area contributed by atoms with Crippen molar-refractivity contribution in [3.63, 3.8) is 0 Å². The summed E-state index contributed by atoms with van der Waals surface area (Å²) in [6, 6.07) is 11.7. The Labute approximate surface area is 113 Å². The number of nitrogens with zero attached hydrogens (tertiary/aromatic N) is 3. The molecular weight excluding hydrogens is 240 g/mol. The summed E-state index contributed by atoms with van der Waals surface area (Å²) in [4.78, 5) is 2.09. The summed E-state index contributed by atoms with van der Waals surface area (Å²) in [5.74, 6) is 1.63. The van der Waals surface area contributed by atoms with Crippen LogP contribution < -0.4 is 15.4 Å². The van der Waals surface area contributed by atoms with Crippen LogP contribution in [-0.4, -0.2) is 30.4 Å². The van der Waals surface area contributed by atoms with Crippen LogP contribution in [-0.2, 0) is 0 Å². The van der Waals surface area contributed by atoms with Gasteiger partial charge in [0.15, 0.2) is 5.82 Å². The Morgan fingerprint density at radius 3 is 2.84 bits per heavy atom. The molecule has 0 spiro atoms. The van der Waals surface area contributed by atoms with E-state index >= 15 is 0 Å². The highest BCUT2D eigenvalue weighted by atomic mass is 16.5. The van der Waals surface area contributed by atoms with E-state index in [4.69, 9.17) is 10.5 Å². The molecule has 1 aromatic heterocycles. The third kappa shape index (κ3) is 3.42. The minimum absolute atomic E-state index is 0.640. The van der Waals surface area contributed by atoms with Crippen molar-refractivity contribution in [2.75, 3.05) is 25.1 Å². The first kappa shape index (κ1) is 13.3. The normalized spacial score (nSPS) is 10.2. The number of hydrogen-bond donors (Lipinski definition) is 1. The van der Waals surface area contributed by atoms with Crippen LogP contribution in [0.2, 0.25) is 0 Å². The van der Waals surface area contributed by atoms with Crippen LogP contribution in [0, 0.1) is 0 Å². The van der Waals surface area contributed by atoms with Gasteiger partial charge in [0.05, 0.1) is 7.11 Å². The molecule has 0 aliphatic heterocycles. The minimum atomic E-state index is 0.640. The number of ether oxygens (including phenoxy) is 1. The molecule has 0 aliphatic carbocycles. The summed E-state index contributed by atoms with van der Waals surface area (Å²) in [5.41, 5.74) is 6.62. The molecule has 0 unspecified atom stereocenters. The smallest absolute Gasteiger partial charge is 0.155 e. The van der Waals surface area contributed by atoms with E-state index in [2.05, 4.69) is 15.1 Å². The van der Waals surface area contributed by atoms with Crippen LogP contribution in [0.15, 0.2) is 42.6 Å². The van der Waals surface area contributed by atoms with E-state index in [9.17, 15) is 0 Å². The monoisotopic (exact) mass is 258 g/mol. The first-order valence-electron chi connectivity index (χ1n) is 6.24.